The van der Waals surface area contributed by atoms with Crippen molar-refractivity contribution < 1.29 is 4.74 Å². The molecule has 0 bridgehead atoms. The van der Waals surface area contributed by atoms with E-state index in [0.29, 0.717) is 6.04 Å². The van der Waals surface area contributed by atoms with Crippen LogP contribution in [0.4, 0.5) is 0 Å². The third kappa shape index (κ3) is 4.70. The van der Waals surface area contributed by atoms with E-state index in [1.165, 1.54) is 12.0 Å². The van der Waals surface area contributed by atoms with Crippen molar-refractivity contribution in [3.05, 3.63) is 29.8 Å². The van der Waals surface area contributed by atoms with E-state index in [9.17, 15) is 0 Å². The van der Waals surface area contributed by atoms with Crippen molar-refractivity contribution in [2.45, 2.75) is 31.8 Å². The van der Waals surface area contributed by atoms with E-state index in [1.54, 1.807) is 0 Å². The van der Waals surface area contributed by atoms with Crippen LogP contribution in [0.1, 0.15) is 31.4 Å². The van der Waals surface area contributed by atoms with Gasteiger partial charge in [0.05, 0.1) is 6.61 Å². The molecular weight excluding hydrogens is 262 g/mol. The molecule has 0 saturated carbocycles. The number of nitrogens with two attached hydrogens (primary N) is 1. The molecule has 4 nitrogen and oxygen atoms in total. The lowest BCUT2D eigenvalue weighted by Gasteiger charge is -2.23. The Hall–Kier alpha value is -1.10. The zero-order valence-corrected chi connectivity index (χ0v) is 13.6. The van der Waals surface area contributed by atoms with Gasteiger partial charge in [0.2, 0.25) is 0 Å². The highest BCUT2D eigenvalue weighted by Gasteiger charge is 2.25. The fourth-order valence-electron chi connectivity index (χ4n) is 2.81. The zero-order chi connectivity index (χ0) is 15.2. The lowest BCUT2D eigenvalue weighted by Crippen LogP contribution is -2.34. The van der Waals surface area contributed by atoms with Gasteiger partial charge in [-0.15, -0.1) is 0 Å². The van der Waals surface area contributed by atoms with E-state index in [0.717, 1.165) is 38.4 Å². The Kier molecular flexibility index (Phi) is 6.03. The van der Waals surface area contributed by atoms with E-state index in [-0.39, 0.29) is 6.04 Å². The van der Waals surface area contributed by atoms with E-state index < -0.39 is 0 Å². The second-order valence-electron chi connectivity index (χ2n) is 6.19. The highest BCUT2D eigenvalue weighted by molar-refractivity contribution is 5.29. The predicted molar refractivity (Wildman–Crippen MR) is 87.7 cm³/mol. The van der Waals surface area contributed by atoms with Gasteiger partial charge in [-0.25, -0.2) is 0 Å². The summed E-state index contributed by atoms with van der Waals surface area (Å²) in [5, 5.41) is 0. The van der Waals surface area contributed by atoms with Crippen molar-refractivity contribution in [1.29, 1.82) is 0 Å². The molecule has 2 atom stereocenters. The molecule has 1 aliphatic rings. The van der Waals surface area contributed by atoms with Gasteiger partial charge < -0.3 is 15.4 Å². The summed E-state index contributed by atoms with van der Waals surface area (Å²) in [6.45, 7) is 6.08. The van der Waals surface area contributed by atoms with Gasteiger partial charge in [0, 0.05) is 25.2 Å². The second kappa shape index (κ2) is 7.78. The van der Waals surface area contributed by atoms with Gasteiger partial charge in [0.1, 0.15) is 5.75 Å². The smallest absolute Gasteiger partial charge is 0.119 e. The largest absolute Gasteiger partial charge is 0.494 e. The Morgan fingerprint density at radius 3 is 2.62 bits per heavy atom. The fourth-order valence-corrected chi connectivity index (χ4v) is 2.81. The van der Waals surface area contributed by atoms with Gasteiger partial charge in [0.15, 0.2) is 0 Å². The SMILES string of the molecule is CCCOc1ccc(C(N)CN2CCC(N(C)C)C2)cc1. The van der Waals surface area contributed by atoms with Crippen LogP contribution in [-0.4, -0.2) is 56.2 Å². The number of benzene rings is 1. The van der Waals surface area contributed by atoms with Crippen LogP contribution in [0.3, 0.4) is 0 Å². The summed E-state index contributed by atoms with van der Waals surface area (Å²) in [4.78, 5) is 4.78. The lowest BCUT2D eigenvalue weighted by molar-refractivity contribution is 0.260. The summed E-state index contributed by atoms with van der Waals surface area (Å²) in [6.07, 6.45) is 2.27. The molecule has 1 saturated heterocycles. The molecule has 21 heavy (non-hydrogen) atoms. The second-order valence-corrected chi connectivity index (χ2v) is 6.19. The van der Waals surface area contributed by atoms with Crippen LogP contribution in [0.2, 0.25) is 0 Å². The predicted octanol–water partition coefficient (Wildman–Crippen LogP) is 2.11. The number of likely N-dealkylation sites (tertiary alicyclic amines) is 1. The first-order valence-electron chi connectivity index (χ1n) is 7.97. The van der Waals surface area contributed by atoms with Gasteiger partial charge in [0.25, 0.3) is 0 Å². The first kappa shape index (κ1) is 16.3. The Balaban J connectivity index is 1.84. The molecule has 2 rings (SSSR count). The summed E-state index contributed by atoms with van der Waals surface area (Å²) >= 11 is 0. The maximum atomic E-state index is 6.35. The van der Waals surface area contributed by atoms with E-state index in [4.69, 9.17) is 10.5 Å². The lowest BCUT2D eigenvalue weighted by atomic mass is 10.1. The number of likely N-dealkylation sites (N-methyl/N-ethyl adjacent to an activating group) is 1. The Morgan fingerprint density at radius 2 is 2.05 bits per heavy atom. The number of rotatable bonds is 7. The average molecular weight is 291 g/mol. The number of nitrogens with zero attached hydrogens (tertiary/aromatic N) is 2. The van der Waals surface area contributed by atoms with Crippen molar-refractivity contribution >= 4 is 0 Å². The summed E-state index contributed by atoms with van der Waals surface area (Å²) in [5.41, 5.74) is 7.54. The van der Waals surface area contributed by atoms with Crippen molar-refractivity contribution in [3.8, 4) is 5.75 Å². The number of ether oxygens (including phenoxy) is 1. The zero-order valence-electron chi connectivity index (χ0n) is 13.6. The van der Waals surface area contributed by atoms with Crippen LogP contribution in [0, 0.1) is 0 Å². The molecule has 1 heterocycles. The van der Waals surface area contributed by atoms with Crippen molar-refractivity contribution in [2.75, 3.05) is 40.3 Å². The maximum absolute atomic E-state index is 6.35. The van der Waals surface area contributed by atoms with Crippen molar-refractivity contribution in [1.82, 2.24) is 9.80 Å². The van der Waals surface area contributed by atoms with Crippen LogP contribution in [0.5, 0.6) is 5.75 Å². The van der Waals surface area contributed by atoms with E-state index in [2.05, 4.69) is 43.0 Å². The third-order valence-corrected chi connectivity index (χ3v) is 4.21. The van der Waals surface area contributed by atoms with Crippen LogP contribution in [0.25, 0.3) is 0 Å². The highest BCUT2D eigenvalue weighted by Crippen LogP contribution is 2.20. The van der Waals surface area contributed by atoms with Crippen molar-refractivity contribution in [2.24, 2.45) is 5.73 Å². The molecule has 1 fully saturated rings. The minimum atomic E-state index is 0.0751. The normalized spacial score (nSPS) is 20.9. The average Bonchev–Trinajstić information content (AvgIpc) is 2.94. The molecular formula is C17H29N3O. The summed E-state index contributed by atoms with van der Waals surface area (Å²) < 4.78 is 5.61. The van der Waals surface area contributed by atoms with Crippen LogP contribution in [-0.2, 0) is 0 Å². The van der Waals surface area contributed by atoms with Crippen LogP contribution >= 0.6 is 0 Å². The molecule has 1 aromatic rings. The molecule has 0 radical (unpaired) electrons. The van der Waals surface area contributed by atoms with Crippen LogP contribution < -0.4 is 10.5 Å². The first-order valence-corrected chi connectivity index (χ1v) is 7.97. The molecule has 0 aromatic heterocycles. The molecule has 118 valence electrons. The Labute approximate surface area is 128 Å². The molecule has 1 aromatic carbocycles. The monoisotopic (exact) mass is 291 g/mol. The minimum absolute atomic E-state index is 0.0751. The fraction of sp³-hybridized carbons (Fsp3) is 0.647. The van der Waals surface area contributed by atoms with Crippen LogP contribution in [0.15, 0.2) is 24.3 Å². The summed E-state index contributed by atoms with van der Waals surface area (Å²) in [7, 11) is 4.31. The summed E-state index contributed by atoms with van der Waals surface area (Å²) in [6, 6.07) is 8.98. The van der Waals surface area contributed by atoms with E-state index >= 15 is 0 Å². The number of hydrogen-bond donors (Lipinski definition) is 1. The van der Waals surface area contributed by atoms with Crippen molar-refractivity contribution in [3.63, 3.8) is 0 Å². The molecule has 2 unspecified atom stereocenters. The maximum Gasteiger partial charge on any atom is 0.119 e. The molecule has 4 heteroatoms. The Morgan fingerprint density at radius 1 is 1.33 bits per heavy atom. The van der Waals surface area contributed by atoms with Gasteiger partial charge in [-0.05, 0) is 51.2 Å². The molecule has 0 aliphatic carbocycles. The molecule has 2 N–H and O–H groups in total. The van der Waals surface area contributed by atoms with Gasteiger partial charge in [-0.1, -0.05) is 19.1 Å². The molecule has 0 amide bonds. The quantitative estimate of drug-likeness (QED) is 0.835. The van der Waals surface area contributed by atoms with Gasteiger partial charge in [-0.2, -0.15) is 0 Å². The highest BCUT2D eigenvalue weighted by atomic mass is 16.5. The summed E-state index contributed by atoms with van der Waals surface area (Å²) in [5.74, 6) is 0.932. The standard InChI is InChI=1S/C17H29N3O/c1-4-11-21-16-7-5-14(6-8-16)17(18)13-20-10-9-15(12-20)19(2)3/h5-8,15,17H,4,9-13,18H2,1-3H3. The minimum Gasteiger partial charge on any atom is -0.494 e. The third-order valence-electron chi connectivity index (χ3n) is 4.21. The molecule has 0 spiro atoms. The van der Waals surface area contributed by atoms with E-state index in [1.807, 2.05) is 12.1 Å². The topological polar surface area (TPSA) is 41.7 Å². The Bertz CT molecular complexity index is 419. The van der Waals surface area contributed by atoms with Gasteiger partial charge >= 0.3 is 0 Å². The first-order chi connectivity index (χ1) is 10.1. The molecule has 1 aliphatic heterocycles. The number of hydrogen-bond acceptors (Lipinski definition) is 4. The van der Waals surface area contributed by atoms with Gasteiger partial charge in [-0.3, -0.25) is 4.90 Å².